The first-order valence-electron chi connectivity index (χ1n) is 7.74. The molecule has 0 spiro atoms. The summed E-state index contributed by atoms with van der Waals surface area (Å²) >= 11 is 3.08. The van der Waals surface area contributed by atoms with E-state index < -0.39 is 11.6 Å². The van der Waals surface area contributed by atoms with Gasteiger partial charge in [-0.3, -0.25) is 4.52 Å². The summed E-state index contributed by atoms with van der Waals surface area (Å²) in [5.41, 5.74) is 8.92. The first-order chi connectivity index (χ1) is 13.1. The Balaban J connectivity index is 1.66. The van der Waals surface area contributed by atoms with E-state index in [4.69, 9.17) is 14.7 Å². The molecule has 0 aliphatic heterocycles. The monoisotopic (exact) mass is 436 g/mol. The second kappa shape index (κ2) is 6.85. The van der Waals surface area contributed by atoms with Gasteiger partial charge in [0.25, 0.3) is 0 Å². The van der Waals surface area contributed by atoms with Gasteiger partial charge in [-0.15, -0.1) is 0 Å². The summed E-state index contributed by atoms with van der Waals surface area (Å²) in [7, 11) is 0. The summed E-state index contributed by atoms with van der Waals surface area (Å²) in [4.78, 5) is 14.9. The molecule has 0 unspecified atom stereocenters. The summed E-state index contributed by atoms with van der Waals surface area (Å²) in [5.74, 6) is -0.935. The van der Waals surface area contributed by atoms with Crippen molar-refractivity contribution in [1.29, 1.82) is 0 Å². The Morgan fingerprint density at radius 3 is 2.93 bits per heavy atom. The zero-order valence-corrected chi connectivity index (χ0v) is 15.0. The van der Waals surface area contributed by atoms with Gasteiger partial charge in [0, 0.05) is 17.0 Å². The van der Waals surface area contributed by atoms with Crippen LogP contribution >= 0.6 is 15.9 Å². The van der Waals surface area contributed by atoms with Crippen molar-refractivity contribution in [3.63, 3.8) is 0 Å². The molecule has 1 aromatic carbocycles. The van der Waals surface area contributed by atoms with E-state index in [1.807, 2.05) is 0 Å². The molecule has 138 valence electrons. The van der Waals surface area contributed by atoms with Crippen LogP contribution in [0.4, 0.5) is 10.2 Å². The van der Waals surface area contributed by atoms with Crippen LogP contribution in [0.25, 0.3) is 27.6 Å². The smallest absolute Gasteiger partial charge is 0.362 e. The van der Waals surface area contributed by atoms with Crippen LogP contribution < -0.4 is 11.1 Å². The van der Waals surface area contributed by atoms with E-state index >= 15 is 0 Å². The van der Waals surface area contributed by atoms with Gasteiger partial charge in [0.15, 0.2) is 5.69 Å². The fourth-order valence-electron chi connectivity index (χ4n) is 2.75. The molecule has 2 aromatic heterocycles. The van der Waals surface area contributed by atoms with Gasteiger partial charge >= 0.3 is 5.76 Å². The van der Waals surface area contributed by atoms with Crippen LogP contribution in [-0.2, 0) is 0 Å². The van der Waals surface area contributed by atoms with Gasteiger partial charge in [0.1, 0.15) is 5.82 Å². The molecule has 1 aliphatic rings. The van der Waals surface area contributed by atoms with Gasteiger partial charge in [-0.1, -0.05) is 10.3 Å². The topological polar surface area (TPSA) is 148 Å². The van der Waals surface area contributed by atoms with Gasteiger partial charge in [-0.2, -0.15) is 0 Å². The van der Waals surface area contributed by atoms with Crippen molar-refractivity contribution in [3.05, 3.63) is 49.5 Å². The number of hydrogen-bond acceptors (Lipinski definition) is 8. The summed E-state index contributed by atoms with van der Waals surface area (Å²) in [6, 6.07) is 3.96. The number of azide groups is 1. The average molecular weight is 437 g/mol. The molecule has 13 heteroatoms. The lowest BCUT2D eigenvalue weighted by molar-refractivity contribution is 0.307. The molecule has 1 N–H and O–H groups in total. The fraction of sp³-hybridized carbons (Fsp3) is 0.286. The second-order valence-corrected chi connectivity index (χ2v) is 6.69. The standard InChI is InChI=1S/C14H10BrFN8O3/c15-9-5-8(1-2-10(9)16)24-13(22-26-14(24)25)11-12(21-27-20-11)18-6-3-7(4-6)19-23-17/h1-2,5-7H,3-4H2,(H,18,21). The maximum absolute atomic E-state index is 13.5. The third-order valence-corrected chi connectivity index (χ3v) is 4.74. The van der Waals surface area contributed by atoms with Crippen molar-refractivity contribution in [1.82, 2.24) is 20.0 Å². The molecule has 4 rings (SSSR count). The number of anilines is 1. The van der Waals surface area contributed by atoms with E-state index in [-0.39, 0.29) is 33.9 Å². The van der Waals surface area contributed by atoms with Crippen LogP contribution in [0.1, 0.15) is 12.8 Å². The molecule has 1 saturated carbocycles. The SMILES string of the molecule is [N-]=[N+]=NC1CC(Nc2nonc2-c2noc(=O)n2-c2ccc(F)c(Br)c2)C1. The minimum Gasteiger partial charge on any atom is -0.362 e. The summed E-state index contributed by atoms with van der Waals surface area (Å²) in [6.07, 6.45) is 1.26. The van der Waals surface area contributed by atoms with E-state index in [0.29, 0.717) is 18.5 Å². The molecule has 0 amide bonds. The van der Waals surface area contributed by atoms with Crippen LogP contribution in [0.15, 0.2) is 41.7 Å². The number of rotatable bonds is 5. The number of nitrogens with one attached hydrogen (secondary N) is 1. The quantitative estimate of drug-likeness (QED) is 0.366. The second-order valence-electron chi connectivity index (χ2n) is 5.84. The zero-order valence-electron chi connectivity index (χ0n) is 13.4. The molecule has 0 saturated heterocycles. The normalized spacial score (nSPS) is 18.6. The van der Waals surface area contributed by atoms with E-state index in [0.717, 1.165) is 4.57 Å². The van der Waals surface area contributed by atoms with Crippen LogP contribution in [0.5, 0.6) is 0 Å². The Morgan fingerprint density at radius 1 is 1.37 bits per heavy atom. The molecule has 11 nitrogen and oxygen atoms in total. The van der Waals surface area contributed by atoms with Gasteiger partial charge in [-0.25, -0.2) is 18.4 Å². The first-order valence-corrected chi connectivity index (χ1v) is 8.54. The maximum Gasteiger partial charge on any atom is 0.446 e. The number of halogens is 2. The van der Waals surface area contributed by atoms with Crippen LogP contribution in [-0.4, -0.2) is 32.1 Å². The molecule has 27 heavy (non-hydrogen) atoms. The highest BCUT2D eigenvalue weighted by molar-refractivity contribution is 9.10. The predicted octanol–water partition coefficient (Wildman–Crippen LogP) is 3.03. The Bertz CT molecular complexity index is 1100. The Labute approximate surface area is 157 Å². The molecule has 0 radical (unpaired) electrons. The molecule has 1 aliphatic carbocycles. The molecular weight excluding hydrogens is 427 g/mol. The highest BCUT2D eigenvalue weighted by atomic mass is 79.9. The Kier molecular flexibility index (Phi) is 4.38. The lowest BCUT2D eigenvalue weighted by Gasteiger charge is -2.32. The maximum atomic E-state index is 13.5. The Morgan fingerprint density at radius 2 is 2.19 bits per heavy atom. The third kappa shape index (κ3) is 3.17. The van der Waals surface area contributed by atoms with Crippen molar-refractivity contribution in [2.75, 3.05) is 5.32 Å². The van der Waals surface area contributed by atoms with Gasteiger partial charge in [0.05, 0.1) is 10.2 Å². The molecule has 0 atom stereocenters. The molecular formula is C14H10BrFN8O3. The third-order valence-electron chi connectivity index (χ3n) is 4.14. The van der Waals surface area contributed by atoms with Crippen LogP contribution in [0.3, 0.4) is 0 Å². The van der Waals surface area contributed by atoms with Crippen molar-refractivity contribution < 1.29 is 13.5 Å². The van der Waals surface area contributed by atoms with Crippen molar-refractivity contribution in [3.8, 4) is 17.2 Å². The lowest BCUT2D eigenvalue weighted by atomic mass is 9.87. The summed E-state index contributed by atoms with van der Waals surface area (Å²) in [5, 5.41) is 18.1. The van der Waals surface area contributed by atoms with E-state index in [1.54, 1.807) is 0 Å². The number of nitrogens with zero attached hydrogens (tertiary/aromatic N) is 7. The molecule has 3 aromatic rings. The summed E-state index contributed by atoms with van der Waals surface area (Å²) in [6.45, 7) is 0. The van der Waals surface area contributed by atoms with E-state index in [1.165, 1.54) is 18.2 Å². The highest BCUT2D eigenvalue weighted by Gasteiger charge is 2.31. The molecule has 2 heterocycles. The van der Waals surface area contributed by atoms with Gasteiger partial charge < -0.3 is 5.32 Å². The van der Waals surface area contributed by atoms with E-state index in [2.05, 4.69) is 46.7 Å². The van der Waals surface area contributed by atoms with Crippen molar-refractivity contribution >= 4 is 21.7 Å². The zero-order chi connectivity index (χ0) is 19.0. The van der Waals surface area contributed by atoms with Gasteiger partial charge in [-0.05, 0) is 62.8 Å². The minimum atomic E-state index is -0.774. The molecule has 1 fully saturated rings. The minimum absolute atomic E-state index is 0.0122. The van der Waals surface area contributed by atoms with Crippen molar-refractivity contribution in [2.24, 2.45) is 5.11 Å². The van der Waals surface area contributed by atoms with Crippen LogP contribution in [0.2, 0.25) is 0 Å². The number of benzene rings is 1. The number of aromatic nitrogens is 4. The Hall–Kier alpha value is -3.18. The predicted molar refractivity (Wildman–Crippen MR) is 92.6 cm³/mol. The largest absolute Gasteiger partial charge is 0.446 e. The highest BCUT2D eigenvalue weighted by Crippen LogP contribution is 2.31. The fourth-order valence-corrected chi connectivity index (χ4v) is 3.11. The first kappa shape index (κ1) is 17.2. The van der Waals surface area contributed by atoms with E-state index in [9.17, 15) is 9.18 Å². The average Bonchev–Trinajstić information content (AvgIpc) is 3.22. The molecule has 0 bridgehead atoms. The van der Waals surface area contributed by atoms with Crippen LogP contribution in [0, 0.1) is 5.82 Å². The lowest BCUT2D eigenvalue weighted by Crippen LogP contribution is -2.38. The van der Waals surface area contributed by atoms with Gasteiger partial charge in [0.2, 0.25) is 11.6 Å². The summed E-state index contributed by atoms with van der Waals surface area (Å²) < 4.78 is 24.3. The number of hydrogen-bond donors (Lipinski definition) is 1. The van der Waals surface area contributed by atoms with Crippen molar-refractivity contribution in [2.45, 2.75) is 24.9 Å².